The molecule has 0 spiro atoms. The van der Waals surface area contributed by atoms with Gasteiger partial charge in [-0.25, -0.2) is 4.98 Å². The zero-order chi connectivity index (χ0) is 16.3. The Morgan fingerprint density at radius 2 is 2.09 bits per heavy atom. The predicted octanol–water partition coefficient (Wildman–Crippen LogP) is 2.51. The number of nitrogens with zero attached hydrogens (tertiary/aromatic N) is 2. The normalized spacial score (nSPS) is 19.0. The molecule has 1 aromatic rings. The third-order valence-corrected chi connectivity index (χ3v) is 3.67. The number of hydrogen-bond acceptors (Lipinski definition) is 4. The van der Waals surface area contributed by atoms with Crippen LogP contribution in [0.1, 0.15) is 23.3 Å². The van der Waals surface area contributed by atoms with E-state index in [1.807, 2.05) is 0 Å². The monoisotopic (exact) mass is 318 g/mol. The molecule has 1 aromatic heterocycles. The second kappa shape index (κ2) is 6.41. The molecule has 2 heterocycles. The van der Waals surface area contributed by atoms with Gasteiger partial charge in [-0.15, -0.1) is 0 Å². The van der Waals surface area contributed by atoms with Crippen molar-refractivity contribution in [2.45, 2.75) is 19.0 Å². The van der Waals surface area contributed by atoms with Crippen molar-refractivity contribution in [3.8, 4) is 11.5 Å². The highest BCUT2D eigenvalue weighted by molar-refractivity contribution is 5.95. The van der Waals surface area contributed by atoms with Crippen molar-refractivity contribution in [2.24, 2.45) is 5.92 Å². The number of halogens is 3. The Labute approximate surface area is 126 Å². The molecule has 2 rings (SSSR count). The van der Waals surface area contributed by atoms with Gasteiger partial charge in [-0.05, 0) is 12.8 Å². The van der Waals surface area contributed by atoms with Gasteiger partial charge in [0.2, 0.25) is 0 Å². The number of likely N-dealkylation sites (tertiary alicyclic amines) is 1. The Morgan fingerprint density at radius 3 is 2.68 bits per heavy atom. The number of methoxy groups -OCH3 is 2. The zero-order valence-corrected chi connectivity index (χ0v) is 12.3. The highest BCUT2D eigenvalue weighted by Crippen LogP contribution is 2.35. The standard InChI is InChI=1S/C14H17F3N2O3/c1-21-10-5-6-18-11(12(10)22-2)13(20)19-7-3-4-9(8-19)14(15,16)17/h5-6,9H,3-4,7-8H2,1-2H3. The first-order valence-corrected chi connectivity index (χ1v) is 6.81. The lowest BCUT2D eigenvalue weighted by molar-refractivity contribution is -0.184. The van der Waals surface area contributed by atoms with Crippen molar-refractivity contribution in [2.75, 3.05) is 27.3 Å². The van der Waals surface area contributed by atoms with E-state index in [9.17, 15) is 18.0 Å². The SMILES string of the molecule is COc1ccnc(C(=O)N2CCCC(C(F)(F)F)C2)c1OC. The van der Waals surface area contributed by atoms with E-state index in [1.165, 1.54) is 31.4 Å². The lowest BCUT2D eigenvalue weighted by Crippen LogP contribution is -2.44. The number of carbonyl (C=O) groups excluding carboxylic acids is 1. The van der Waals surface area contributed by atoms with Crippen molar-refractivity contribution < 1.29 is 27.4 Å². The van der Waals surface area contributed by atoms with Crippen LogP contribution in [0.4, 0.5) is 13.2 Å². The van der Waals surface area contributed by atoms with Crippen LogP contribution in [0.5, 0.6) is 11.5 Å². The number of pyridine rings is 1. The van der Waals surface area contributed by atoms with Crippen LogP contribution < -0.4 is 9.47 Å². The van der Waals surface area contributed by atoms with Crippen LogP contribution in [-0.2, 0) is 0 Å². The maximum Gasteiger partial charge on any atom is 0.393 e. The molecule has 122 valence electrons. The third-order valence-electron chi connectivity index (χ3n) is 3.67. The Balaban J connectivity index is 2.25. The lowest BCUT2D eigenvalue weighted by Gasteiger charge is -2.33. The maximum atomic E-state index is 12.8. The summed E-state index contributed by atoms with van der Waals surface area (Å²) in [4.78, 5) is 17.6. The molecular formula is C14H17F3N2O3. The summed E-state index contributed by atoms with van der Waals surface area (Å²) in [5.41, 5.74) is -0.0373. The Kier molecular flexibility index (Phi) is 4.77. The summed E-state index contributed by atoms with van der Waals surface area (Å²) in [5, 5.41) is 0. The molecule has 1 fully saturated rings. The molecule has 1 amide bonds. The van der Waals surface area contributed by atoms with E-state index in [2.05, 4.69) is 4.98 Å². The topological polar surface area (TPSA) is 51.7 Å². The minimum Gasteiger partial charge on any atom is -0.493 e. The number of carbonyl (C=O) groups is 1. The summed E-state index contributed by atoms with van der Waals surface area (Å²) in [6, 6.07) is 1.52. The van der Waals surface area contributed by atoms with Crippen molar-refractivity contribution in [1.82, 2.24) is 9.88 Å². The number of piperidine rings is 1. The molecule has 0 N–H and O–H groups in total. The average Bonchev–Trinajstić information content (AvgIpc) is 2.52. The summed E-state index contributed by atoms with van der Waals surface area (Å²) in [5.74, 6) is -1.64. The fourth-order valence-electron chi connectivity index (χ4n) is 2.52. The first-order chi connectivity index (χ1) is 10.4. The number of alkyl halides is 3. The van der Waals surface area contributed by atoms with Crippen LogP contribution in [0.3, 0.4) is 0 Å². The summed E-state index contributed by atoms with van der Waals surface area (Å²) in [6.45, 7) is -0.0855. The van der Waals surface area contributed by atoms with Crippen molar-refractivity contribution in [1.29, 1.82) is 0 Å². The van der Waals surface area contributed by atoms with Gasteiger partial charge in [0.05, 0.1) is 20.1 Å². The van der Waals surface area contributed by atoms with Crippen LogP contribution in [0.15, 0.2) is 12.3 Å². The first kappa shape index (κ1) is 16.4. The van der Waals surface area contributed by atoms with E-state index < -0.39 is 18.0 Å². The van der Waals surface area contributed by atoms with Gasteiger partial charge in [-0.2, -0.15) is 13.2 Å². The van der Waals surface area contributed by atoms with E-state index in [0.717, 1.165) is 0 Å². The van der Waals surface area contributed by atoms with Gasteiger partial charge in [0.15, 0.2) is 17.2 Å². The molecule has 1 atom stereocenters. The van der Waals surface area contributed by atoms with E-state index in [0.29, 0.717) is 12.2 Å². The molecular weight excluding hydrogens is 301 g/mol. The summed E-state index contributed by atoms with van der Waals surface area (Å²) in [6.07, 6.45) is -2.59. The van der Waals surface area contributed by atoms with E-state index in [4.69, 9.17) is 9.47 Å². The number of ether oxygens (including phenoxy) is 2. The summed E-state index contributed by atoms with van der Waals surface area (Å²) < 4.78 is 48.7. The third kappa shape index (κ3) is 3.26. The fourth-order valence-corrected chi connectivity index (χ4v) is 2.52. The van der Waals surface area contributed by atoms with E-state index >= 15 is 0 Å². The Bertz CT molecular complexity index is 549. The summed E-state index contributed by atoms with van der Waals surface area (Å²) >= 11 is 0. The molecule has 1 saturated heterocycles. The van der Waals surface area contributed by atoms with Crippen LogP contribution in [0.2, 0.25) is 0 Å². The van der Waals surface area contributed by atoms with Gasteiger partial charge in [0.25, 0.3) is 5.91 Å². The van der Waals surface area contributed by atoms with Gasteiger partial charge in [-0.1, -0.05) is 0 Å². The fraction of sp³-hybridized carbons (Fsp3) is 0.571. The average molecular weight is 318 g/mol. The second-order valence-corrected chi connectivity index (χ2v) is 5.03. The van der Waals surface area contributed by atoms with E-state index in [-0.39, 0.29) is 31.0 Å². The molecule has 1 aliphatic rings. The largest absolute Gasteiger partial charge is 0.493 e. The Hall–Kier alpha value is -1.99. The van der Waals surface area contributed by atoms with Gasteiger partial charge in [0, 0.05) is 25.4 Å². The van der Waals surface area contributed by atoms with Gasteiger partial charge >= 0.3 is 6.18 Å². The number of aromatic nitrogens is 1. The summed E-state index contributed by atoms with van der Waals surface area (Å²) in [7, 11) is 2.76. The Morgan fingerprint density at radius 1 is 1.36 bits per heavy atom. The van der Waals surface area contributed by atoms with E-state index in [1.54, 1.807) is 0 Å². The predicted molar refractivity (Wildman–Crippen MR) is 72.0 cm³/mol. The molecule has 8 heteroatoms. The first-order valence-electron chi connectivity index (χ1n) is 6.81. The highest BCUT2D eigenvalue weighted by atomic mass is 19.4. The van der Waals surface area contributed by atoms with Crippen LogP contribution in [0.25, 0.3) is 0 Å². The van der Waals surface area contributed by atoms with Crippen LogP contribution >= 0.6 is 0 Å². The van der Waals surface area contributed by atoms with Gasteiger partial charge in [0.1, 0.15) is 0 Å². The quantitative estimate of drug-likeness (QED) is 0.859. The van der Waals surface area contributed by atoms with Crippen molar-refractivity contribution in [3.63, 3.8) is 0 Å². The molecule has 5 nitrogen and oxygen atoms in total. The van der Waals surface area contributed by atoms with Crippen molar-refractivity contribution >= 4 is 5.91 Å². The minimum absolute atomic E-state index is 0.0373. The lowest BCUT2D eigenvalue weighted by atomic mass is 9.97. The molecule has 1 aliphatic heterocycles. The van der Waals surface area contributed by atoms with Gasteiger partial charge in [-0.3, -0.25) is 4.79 Å². The zero-order valence-electron chi connectivity index (χ0n) is 12.3. The minimum atomic E-state index is -4.30. The molecule has 0 bridgehead atoms. The molecule has 22 heavy (non-hydrogen) atoms. The van der Waals surface area contributed by atoms with Crippen LogP contribution in [-0.4, -0.2) is 49.3 Å². The smallest absolute Gasteiger partial charge is 0.393 e. The van der Waals surface area contributed by atoms with Gasteiger partial charge < -0.3 is 14.4 Å². The highest BCUT2D eigenvalue weighted by Gasteiger charge is 2.43. The number of hydrogen-bond donors (Lipinski definition) is 0. The number of amides is 1. The molecule has 0 radical (unpaired) electrons. The second-order valence-electron chi connectivity index (χ2n) is 5.03. The molecule has 0 saturated carbocycles. The van der Waals surface area contributed by atoms with Crippen molar-refractivity contribution in [3.05, 3.63) is 18.0 Å². The maximum absolute atomic E-state index is 12.8. The van der Waals surface area contributed by atoms with Crippen LogP contribution in [0, 0.1) is 5.92 Å². The molecule has 0 aliphatic carbocycles. The molecule has 0 aromatic carbocycles. The molecule has 1 unspecified atom stereocenters. The number of rotatable bonds is 3.